The molecule has 2 rings (SSSR count). The van der Waals surface area contributed by atoms with Gasteiger partial charge in [-0.1, -0.05) is 0 Å². The minimum absolute atomic E-state index is 0.0863. The van der Waals surface area contributed by atoms with Crippen LogP contribution in [0, 0.1) is 11.1 Å². The zero-order chi connectivity index (χ0) is 17.0. The van der Waals surface area contributed by atoms with Gasteiger partial charge in [0.2, 0.25) is 0 Å². The molecular weight excluding hydrogens is 298 g/mol. The van der Waals surface area contributed by atoms with Crippen molar-refractivity contribution in [3.05, 3.63) is 29.5 Å². The number of methoxy groups -OCH3 is 1. The third kappa shape index (κ3) is 4.35. The average Bonchev–Trinajstić information content (AvgIpc) is 2.50. The molecule has 0 unspecified atom stereocenters. The highest BCUT2D eigenvalue weighted by molar-refractivity contribution is 5.81. The molecule has 1 saturated heterocycles. The van der Waals surface area contributed by atoms with E-state index in [4.69, 9.17) is 9.57 Å². The van der Waals surface area contributed by atoms with Gasteiger partial charge in [0.15, 0.2) is 6.21 Å². The molecule has 0 spiro atoms. The number of carbonyl (C=O) groups excluding carboxylic acids is 1. The van der Waals surface area contributed by atoms with Crippen LogP contribution in [0.5, 0.6) is 5.75 Å². The molecule has 1 N–H and O–H groups in total. The summed E-state index contributed by atoms with van der Waals surface area (Å²) in [5.41, 5.74) is 0.799. The van der Waals surface area contributed by atoms with E-state index in [0.717, 1.165) is 11.4 Å². The second-order valence-electron chi connectivity index (χ2n) is 5.74. The average molecular weight is 321 g/mol. The lowest BCUT2D eigenvalue weighted by Gasteiger charge is -2.35. The number of carbonyl (C=O) groups is 1. The lowest BCUT2D eigenvalue weighted by Crippen LogP contribution is -2.49. The highest BCUT2D eigenvalue weighted by Gasteiger charge is 2.38. The molecule has 1 aromatic carbocycles. The highest BCUT2D eigenvalue weighted by Crippen LogP contribution is 2.25. The number of hydroxylamine groups is 3. The van der Waals surface area contributed by atoms with Crippen molar-refractivity contribution in [2.24, 2.45) is 5.92 Å². The van der Waals surface area contributed by atoms with Crippen LogP contribution in [-0.2, 0) is 9.63 Å². The number of hydrogen-bond donors (Lipinski definition) is 1. The van der Waals surface area contributed by atoms with E-state index in [9.17, 15) is 10.0 Å². The first kappa shape index (κ1) is 17.1. The Balaban J connectivity index is 2.19. The van der Waals surface area contributed by atoms with E-state index in [1.54, 1.807) is 19.2 Å². The molecule has 23 heavy (non-hydrogen) atoms. The fraction of sp³-hybridized carbons (Fsp3) is 0.500. The van der Waals surface area contributed by atoms with Gasteiger partial charge >= 0.3 is 5.97 Å². The van der Waals surface area contributed by atoms with Crippen LogP contribution in [0.1, 0.15) is 13.3 Å². The van der Waals surface area contributed by atoms with Crippen molar-refractivity contribution in [1.29, 1.82) is 0 Å². The molecule has 7 nitrogen and oxygen atoms in total. The number of nitrogens with one attached hydrogen (secondary N) is 1. The van der Waals surface area contributed by atoms with Crippen LogP contribution in [0.15, 0.2) is 24.3 Å². The summed E-state index contributed by atoms with van der Waals surface area (Å²) in [7, 11) is 4.72. The fourth-order valence-corrected chi connectivity index (χ4v) is 2.55. The molecule has 3 atom stereocenters. The maximum absolute atomic E-state index is 12.2. The topological polar surface area (TPSA) is 76.9 Å². The maximum Gasteiger partial charge on any atom is 0.330 e. The van der Waals surface area contributed by atoms with E-state index < -0.39 is 12.0 Å². The zero-order valence-corrected chi connectivity index (χ0v) is 13.9. The standard InChI is InChI=1S/C16H23N3O4/c1-11-9-14(16(20)23-19(11)3)15(10-18(2)21)17-12-5-7-13(22-4)8-6-12/h5-8,10-11,14-15,17H,9H2,1-4H3/b18-10-/t11-,14+,15-/m1/s1. The number of hydrogen-bond acceptors (Lipinski definition) is 6. The van der Waals surface area contributed by atoms with Crippen molar-refractivity contribution < 1.29 is 19.1 Å². The molecule has 0 radical (unpaired) electrons. The minimum Gasteiger partial charge on any atom is -0.624 e. The Bertz CT molecular complexity index is 569. The van der Waals surface area contributed by atoms with Gasteiger partial charge in [0.05, 0.1) is 13.0 Å². The summed E-state index contributed by atoms with van der Waals surface area (Å²) in [5, 5.41) is 16.2. The number of ether oxygens (including phenoxy) is 1. The van der Waals surface area contributed by atoms with Gasteiger partial charge in [-0.3, -0.25) is 0 Å². The molecule has 1 fully saturated rings. The van der Waals surface area contributed by atoms with Gasteiger partial charge in [-0.05, 0) is 37.6 Å². The first-order valence-corrected chi connectivity index (χ1v) is 7.51. The van der Waals surface area contributed by atoms with Crippen LogP contribution in [0.3, 0.4) is 0 Å². The van der Waals surface area contributed by atoms with Crippen LogP contribution >= 0.6 is 0 Å². The lowest BCUT2D eigenvalue weighted by atomic mass is 9.92. The maximum atomic E-state index is 12.2. The van der Waals surface area contributed by atoms with E-state index in [0.29, 0.717) is 11.2 Å². The fourth-order valence-electron chi connectivity index (χ4n) is 2.55. The smallest absolute Gasteiger partial charge is 0.330 e. The van der Waals surface area contributed by atoms with E-state index in [1.807, 2.05) is 31.2 Å². The van der Waals surface area contributed by atoms with Gasteiger partial charge in [-0.2, -0.15) is 0 Å². The van der Waals surface area contributed by atoms with Crippen LogP contribution in [-0.4, -0.2) is 55.3 Å². The van der Waals surface area contributed by atoms with Crippen LogP contribution in [0.4, 0.5) is 5.69 Å². The van der Waals surface area contributed by atoms with Crippen molar-refractivity contribution >= 4 is 17.9 Å². The summed E-state index contributed by atoms with van der Waals surface area (Å²) in [4.78, 5) is 17.4. The summed E-state index contributed by atoms with van der Waals surface area (Å²) in [6.07, 6.45) is 2.06. The molecule has 0 bridgehead atoms. The largest absolute Gasteiger partial charge is 0.624 e. The summed E-state index contributed by atoms with van der Waals surface area (Å²) in [6.45, 7) is 1.98. The molecule has 7 heteroatoms. The van der Waals surface area contributed by atoms with E-state index in [-0.39, 0.29) is 12.0 Å². The quantitative estimate of drug-likeness (QED) is 0.383. The molecule has 1 aliphatic rings. The Hall–Kier alpha value is -2.28. The van der Waals surface area contributed by atoms with Crippen molar-refractivity contribution in [3.63, 3.8) is 0 Å². The molecule has 1 aliphatic heterocycles. The van der Waals surface area contributed by atoms with E-state index >= 15 is 0 Å². The molecule has 1 heterocycles. The van der Waals surface area contributed by atoms with Gasteiger partial charge in [0, 0.05) is 18.8 Å². The normalized spacial score (nSPS) is 24.0. The Labute approximate surface area is 136 Å². The van der Waals surface area contributed by atoms with Gasteiger partial charge in [-0.15, -0.1) is 5.06 Å². The van der Waals surface area contributed by atoms with Crippen LogP contribution < -0.4 is 10.1 Å². The molecule has 0 aromatic heterocycles. The first-order chi connectivity index (χ1) is 10.9. The number of anilines is 1. The van der Waals surface area contributed by atoms with E-state index in [2.05, 4.69) is 5.32 Å². The first-order valence-electron chi connectivity index (χ1n) is 7.51. The van der Waals surface area contributed by atoms with Crippen molar-refractivity contribution in [2.75, 3.05) is 26.5 Å². The lowest BCUT2D eigenvalue weighted by molar-refractivity contribution is -0.419. The summed E-state index contributed by atoms with van der Waals surface area (Å²) in [5.74, 6) is -0.0289. The Kier molecular flexibility index (Phi) is 5.44. The van der Waals surface area contributed by atoms with Crippen molar-refractivity contribution in [3.8, 4) is 5.75 Å². The predicted molar refractivity (Wildman–Crippen MR) is 87.4 cm³/mol. The van der Waals surface area contributed by atoms with Gasteiger partial charge in [0.25, 0.3) is 0 Å². The van der Waals surface area contributed by atoms with Gasteiger partial charge < -0.3 is 20.1 Å². The monoisotopic (exact) mass is 321 g/mol. The predicted octanol–water partition coefficient (Wildman–Crippen LogP) is 1.48. The van der Waals surface area contributed by atoms with Crippen LogP contribution in [0.2, 0.25) is 0 Å². The van der Waals surface area contributed by atoms with Gasteiger partial charge in [0.1, 0.15) is 18.8 Å². The number of benzene rings is 1. The molecule has 126 valence electrons. The van der Waals surface area contributed by atoms with Crippen molar-refractivity contribution in [1.82, 2.24) is 5.06 Å². The second-order valence-corrected chi connectivity index (χ2v) is 5.74. The van der Waals surface area contributed by atoms with Gasteiger partial charge in [-0.25, -0.2) is 9.53 Å². The molecule has 1 aromatic rings. The zero-order valence-electron chi connectivity index (χ0n) is 13.9. The Morgan fingerprint density at radius 2 is 2.13 bits per heavy atom. The summed E-state index contributed by atoms with van der Waals surface area (Å²) >= 11 is 0. The van der Waals surface area contributed by atoms with Crippen LogP contribution in [0.25, 0.3) is 0 Å². The number of nitrogens with zero attached hydrogens (tertiary/aromatic N) is 2. The second kappa shape index (κ2) is 7.32. The molecule has 0 amide bonds. The Morgan fingerprint density at radius 3 is 2.70 bits per heavy atom. The highest BCUT2D eigenvalue weighted by atomic mass is 16.7. The number of rotatable bonds is 5. The Morgan fingerprint density at radius 1 is 1.48 bits per heavy atom. The third-order valence-corrected chi connectivity index (χ3v) is 3.98. The van der Waals surface area contributed by atoms with E-state index in [1.165, 1.54) is 13.3 Å². The third-order valence-electron chi connectivity index (χ3n) is 3.98. The molecule has 0 aliphatic carbocycles. The van der Waals surface area contributed by atoms with Crippen molar-refractivity contribution in [2.45, 2.75) is 25.4 Å². The summed E-state index contributed by atoms with van der Waals surface area (Å²) < 4.78 is 5.83. The SMILES string of the molecule is COc1ccc(N[C@H](/C=[N+](/C)[O-])[C@@H]2C[C@@H](C)N(C)OC2=O)cc1. The molecule has 0 saturated carbocycles. The summed E-state index contributed by atoms with van der Waals surface area (Å²) in [6, 6.07) is 6.95. The molecular formula is C16H23N3O4. The minimum atomic E-state index is -0.449.